The van der Waals surface area contributed by atoms with Gasteiger partial charge in [0.25, 0.3) is 5.91 Å². The van der Waals surface area contributed by atoms with E-state index in [1.165, 1.54) is 0 Å². The largest absolute Gasteiger partial charge is 0.496 e. The number of benzene rings is 2. The summed E-state index contributed by atoms with van der Waals surface area (Å²) in [4.78, 5) is 17.9. The summed E-state index contributed by atoms with van der Waals surface area (Å²) in [7, 11) is 1.60. The van der Waals surface area contributed by atoms with Crippen LogP contribution in [-0.2, 0) is 9.63 Å². The van der Waals surface area contributed by atoms with E-state index < -0.39 is 6.10 Å². The van der Waals surface area contributed by atoms with Crippen LogP contribution in [0.15, 0.2) is 65.9 Å². The molecule has 3 aromatic rings. The minimum Gasteiger partial charge on any atom is -0.496 e. The maximum Gasteiger partial charge on any atom is 0.268 e. The van der Waals surface area contributed by atoms with Crippen LogP contribution in [0.2, 0.25) is 0 Å². The first-order valence-electron chi connectivity index (χ1n) is 8.93. The van der Waals surface area contributed by atoms with Gasteiger partial charge in [0.05, 0.1) is 24.2 Å². The summed E-state index contributed by atoms with van der Waals surface area (Å²) in [5, 5.41) is 11.3. The maximum atomic E-state index is 12.5. The molecule has 1 amide bonds. The number of aryl methyl sites for hydroxylation is 1. The predicted molar refractivity (Wildman–Crippen MR) is 106 cm³/mol. The molecular formula is C21H20N4O3. The van der Waals surface area contributed by atoms with Crippen molar-refractivity contribution in [2.24, 2.45) is 5.16 Å². The number of para-hydroxylation sites is 1. The highest BCUT2D eigenvalue weighted by atomic mass is 16.6. The number of ether oxygens (including phenoxy) is 1. The fourth-order valence-electron chi connectivity index (χ4n) is 3.04. The number of hydrogen-bond donors (Lipinski definition) is 1. The Morgan fingerprint density at radius 1 is 1.18 bits per heavy atom. The number of rotatable bonds is 5. The second kappa shape index (κ2) is 7.56. The highest BCUT2D eigenvalue weighted by Gasteiger charge is 2.30. The summed E-state index contributed by atoms with van der Waals surface area (Å²) in [6.07, 6.45) is 1.61. The molecule has 142 valence electrons. The first kappa shape index (κ1) is 17.8. The van der Waals surface area contributed by atoms with E-state index in [4.69, 9.17) is 9.57 Å². The second-order valence-electron chi connectivity index (χ2n) is 6.47. The van der Waals surface area contributed by atoms with Crippen LogP contribution in [0, 0.1) is 6.92 Å². The highest BCUT2D eigenvalue weighted by Crippen LogP contribution is 2.25. The molecule has 0 aliphatic carbocycles. The zero-order valence-electron chi connectivity index (χ0n) is 15.6. The van der Waals surface area contributed by atoms with Gasteiger partial charge in [-0.15, -0.1) is 0 Å². The van der Waals surface area contributed by atoms with Crippen LogP contribution in [0.4, 0.5) is 5.69 Å². The van der Waals surface area contributed by atoms with Crippen molar-refractivity contribution in [3.8, 4) is 11.4 Å². The first-order chi connectivity index (χ1) is 13.6. The average molecular weight is 376 g/mol. The van der Waals surface area contributed by atoms with Crippen LogP contribution >= 0.6 is 0 Å². The summed E-state index contributed by atoms with van der Waals surface area (Å²) in [6.45, 7) is 1.94. The molecule has 0 fully saturated rings. The van der Waals surface area contributed by atoms with E-state index in [0.717, 1.165) is 16.9 Å². The smallest absolute Gasteiger partial charge is 0.268 e. The predicted octanol–water partition coefficient (Wildman–Crippen LogP) is 3.32. The lowest BCUT2D eigenvalue weighted by Crippen LogP contribution is -2.28. The number of nitrogens with zero attached hydrogens (tertiary/aromatic N) is 3. The van der Waals surface area contributed by atoms with Crippen molar-refractivity contribution in [3.05, 3.63) is 72.1 Å². The number of aromatic nitrogens is 2. The van der Waals surface area contributed by atoms with Crippen molar-refractivity contribution in [1.82, 2.24) is 9.78 Å². The molecule has 0 spiro atoms. The van der Waals surface area contributed by atoms with Crippen molar-refractivity contribution in [1.29, 1.82) is 0 Å². The molecule has 2 heterocycles. The molecule has 1 aliphatic rings. The molecule has 28 heavy (non-hydrogen) atoms. The van der Waals surface area contributed by atoms with Gasteiger partial charge < -0.3 is 14.9 Å². The van der Waals surface area contributed by atoms with Gasteiger partial charge in [0.15, 0.2) is 0 Å². The van der Waals surface area contributed by atoms with Crippen LogP contribution in [-0.4, -0.2) is 34.6 Å². The average Bonchev–Trinajstić information content (AvgIpc) is 3.38. The van der Waals surface area contributed by atoms with Gasteiger partial charge in [0.2, 0.25) is 6.10 Å². The zero-order chi connectivity index (χ0) is 19.5. The third kappa shape index (κ3) is 3.59. The first-order valence-corrected chi connectivity index (χ1v) is 8.93. The zero-order valence-corrected chi connectivity index (χ0v) is 15.6. The quantitative estimate of drug-likeness (QED) is 0.741. The number of carbonyl (C=O) groups excluding carboxylic acids is 1. The van der Waals surface area contributed by atoms with E-state index >= 15 is 0 Å². The van der Waals surface area contributed by atoms with E-state index in [-0.39, 0.29) is 5.91 Å². The molecule has 1 aromatic heterocycles. The summed E-state index contributed by atoms with van der Waals surface area (Å²) in [5.41, 5.74) is 4.08. The molecule has 1 aliphatic heterocycles. The molecule has 1 atom stereocenters. The fraction of sp³-hybridized carbons (Fsp3) is 0.190. The summed E-state index contributed by atoms with van der Waals surface area (Å²) in [5.74, 6) is 0.465. The summed E-state index contributed by atoms with van der Waals surface area (Å²) < 4.78 is 7.14. The minimum absolute atomic E-state index is 0.240. The third-order valence-corrected chi connectivity index (χ3v) is 4.50. The van der Waals surface area contributed by atoms with Gasteiger partial charge in [-0.1, -0.05) is 17.3 Å². The number of anilines is 1. The molecule has 0 unspecified atom stereocenters. The number of nitrogens with one attached hydrogen (secondary N) is 1. The van der Waals surface area contributed by atoms with Crippen molar-refractivity contribution in [2.75, 3.05) is 12.4 Å². The lowest BCUT2D eigenvalue weighted by molar-refractivity contribution is -0.125. The molecule has 0 bridgehead atoms. The Hall–Kier alpha value is -3.61. The molecule has 0 saturated heterocycles. The molecule has 4 rings (SSSR count). The van der Waals surface area contributed by atoms with Gasteiger partial charge in [-0.25, -0.2) is 4.68 Å². The van der Waals surface area contributed by atoms with Crippen LogP contribution in [0.1, 0.15) is 17.7 Å². The summed E-state index contributed by atoms with van der Waals surface area (Å²) in [6, 6.07) is 16.9. The Labute approximate surface area is 162 Å². The van der Waals surface area contributed by atoms with Gasteiger partial charge in [-0.05, 0) is 49.4 Å². The van der Waals surface area contributed by atoms with Gasteiger partial charge in [0, 0.05) is 23.9 Å². The molecule has 7 nitrogen and oxygen atoms in total. The van der Waals surface area contributed by atoms with Crippen molar-refractivity contribution >= 4 is 17.3 Å². The second-order valence-corrected chi connectivity index (χ2v) is 6.47. The number of carbonyl (C=O) groups is 1. The molecule has 7 heteroatoms. The minimum atomic E-state index is -0.673. The van der Waals surface area contributed by atoms with E-state index in [0.29, 0.717) is 23.6 Å². The topological polar surface area (TPSA) is 77.7 Å². The highest BCUT2D eigenvalue weighted by molar-refractivity contribution is 6.07. The van der Waals surface area contributed by atoms with Crippen LogP contribution in [0.5, 0.6) is 5.75 Å². The van der Waals surface area contributed by atoms with E-state index in [9.17, 15) is 4.79 Å². The van der Waals surface area contributed by atoms with Gasteiger partial charge in [-0.3, -0.25) is 4.79 Å². The SMILES string of the molecule is COc1ccccc1C1=NO[C@@H](C(=O)Nc2ccc(-n3ccc(C)n3)cc2)C1. The lowest BCUT2D eigenvalue weighted by Gasteiger charge is -2.10. The van der Waals surface area contributed by atoms with Gasteiger partial charge in [-0.2, -0.15) is 5.10 Å². The standard InChI is InChI=1S/C21H20N4O3/c1-14-11-12-25(23-14)16-9-7-15(8-10-16)22-21(26)20-13-18(24-28-20)17-5-3-4-6-19(17)27-2/h3-12,20H,13H2,1-2H3,(H,22,26)/t20-/m1/s1. The molecule has 1 N–H and O–H groups in total. The molecule has 0 saturated carbocycles. The number of methoxy groups -OCH3 is 1. The maximum absolute atomic E-state index is 12.5. The Morgan fingerprint density at radius 3 is 2.68 bits per heavy atom. The van der Waals surface area contributed by atoms with Crippen molar-refractivity contribution < 1.29 is 14.4 Å². The Bertz CT molecular complexity index is 1020. The number of hydrogen-bond acceptors (Lipinski definition) is 5. The molecule has 0 radical (unpaired) electrons. The monoisotopic (exact) mass is 376 g/mol. The van der Waals surface area contributed by atoms with Crippen LogP contribution in [0.3, 0.4) is 0 Å². The Balaban J connectivity index is 1.40. The number of amides is 1. The normalized spacial score (nSPS) is 15.6. The Morgan fingerprint density at radius 2 is 1.96 bits per heavy atom. The van der Waals surface area contributed by atoms with Gasteiger partial charge >= 0.3 is 0 Å². The number of oxime groups is 1. The fourth-order valence-corrected chi connectivity index (χ4v) is 3.04. The summed E-state index contributed by atoms with van der Waals surface area (Å²) >= 11 is 0. The Kier molecular flexibility index (Phi) is 4.80. The van der Waals surface area contributed by atoms with Crippen molar-refractivity contribution in [2.45, 2.75) is 19.4 Å². The molecular weight excluding hydrogens is 356 g/mol. The molecule has 2 aromatic carbocycles. The van der Waals surface area contributed by atoms with E-state index in [2.05, 4.69) is 15.6 Å². The van der Waals surface area contributed by atoms with E-state index in [1.54, 1.807) is 11.8 Å². The van der Waals surface area contributed by atoms with E-state index in [1.807, 2.05) is 67.7 Å². The lowest BCUT2D eigenvalue weighted by atomic mass is 10.0. The van der Waals surface area contributed by atoms with Crippen LogP contribution in [0.25, 0.3) is 5.69 Å². The van der Waals surface area contributed by atoms with Crippen molar-refractivity contribution in [3.63, 3.8) is 0 Å². The third-order valence-electron chi connectivity index (χ3n) is 4.50. The van der Waals surface area contributed by atoms with Crippen LogP contribution < -0.4 is 10.1 Å². The van der Waals surface area contributed by atoms with Gasteiger partial charge in [0.1, 0.15) is 5.75 Å².